The van der Waals surface area contributed by atoms with Crippen LogP contribution >= 0.6 is 23.2 Å². The number of benzene rings is 2. The molecule has 0 radical (unpaired) electrons. The lowest BCUT2D eigenvalue weighted by Gasteiger charge is -2.35. The summed E-state index contributed by atoms with van der Waals surface area (Å²) in [6.45, 7) is 1.81. The maximum Gasteiger partial charge on any atom is 0.307 e. The molecule has 1 atom stereocenters. The van der Waals surface area contributed by atoms with Crippen molar-refractivity contribution in [3.8, 4) is 0 Å². The number of anilines is 1. The van der Waals surface area contributed by atoms with E-state index in [2.05, 4.69) is 4.90 Å². The Kier molecular flexibility index (Phi) is 5.50. The lowest BCUT2D eigenvalue weighted by atomic mass is 10.1. The molecule has 0 amide bonds. The smallest absolute Gasteiger partial charge is 0.307 e. The van der Waals surface area contributed by atoms with Crippen molar-refractivity contribution in [2.45, 2.75) is 17.7 Å². The number of carbonyl (C=O) groups is 1. The maximum atomic E-state index is 13.1. The minimum atomic E-state index is -3.63. The van der Waals surface area contributed by atoms with E-state index in [1.807, 2.05) is 6.07 Å². The third kappa shape index (κ3) is 3.97. The number of piperazine rings is 1. The molecular formula is C20H20Cl2N2O4S. The van der Waals surface area contributed by atoms with E-state index >= 15 is 0 Å². The quantitative estimate of drug-likeness (QED) is 0.766. The highest BCUT2D eigenvalue weighted by molar-refractivity contribution is 7.89. The topological polar surface area (TPSA) is 77.9 Å². The van der Waals surface area contributed by atoms with E-state index in [4.69, 9.17) is 23.2 Å². The Morgan fingerprint density at radius 2 is 1.62 bits per heavy atom. The normalized spacial score (nSPS) is 19.9. The van der Waals surface area contributed by atoms with Gasteiger partial charge in [-0.15, -0.1) is 0 Å². The van der Waals surface area contributed by atoms with Gasteiger partial charge >= 0.3 is 5.97 Å². The lowest BCUT2D eigenvalue weighted by molar-refractivity contribution is -0.141. The Hall–Kier alpha value is -1.80. The van der Waals surface area contributed by atoms with Crippen molar-refractivity contribution >= 4 is 44.9 Å². The summed E-state index contributed by atoms with van der Waals surface area (Å²) in [6.07, 6.45) is 0.826. The predicted octanol–water partition coefficient (Wildman–Crippen LogP) is 3.30. The highest BCUT2D eigenvalue weighted by Crippen LogP contribution is 2.31. The van der Waals surface area contributed by atoms with Crippen LogP contribution in [0.25, 0.3) is 0 Å². The van der Waals surface area contributed by atoms with Gasteiger partial charge in [0.25, 0.3) is 0 Å². The standard InChI is InChI=1S/C20H20Cl2N2O4S/c21-18-4-2-16(12-19(18)22)23-5-7-24(8-6-23)29(27,28)17-3-1-13-9-15(20(25)26)10-14(13)11-17/h1-4,11-12,15H,5-10H2,(H,25,26). The Bertz CT molecular complexity index is 1070. The molecule has 9 heteroatoms. The summed E-state index contributed by atoms with van der Waals surface area (Å²) in [5, 5.41) is 10.2. The van der Waals surface area contributed by atoms with Crippen molar-refractivity contribution in [2.24, 2.45) is 5.92 Å². The molecule has 2 aromatic carbocycles. The van der Waals surface area contributed by atoms with E-state index in [-0.39, 0.29) is 4.90 Å². The monoisotopic (exact) mass is 454 g/mol. The van der Waals surface area contributed by atoms with E-state index in [0.29, 0.717) is 49.1 Å². The Morgan fingerprint density at radius 1 is 0.931 bits per heavy atom. The van der Waals surface area contributed by atoms with Crippen molar-refractivity contribution in [1.82, 2.24) is 4.31 Å². The zero-order chi connectivity index (χ0) is 20.8. The summed E-state index contributed by atoms with van der Waals surface area (Å²) in [6, 6.07) is 10.4. The first-order valence-electron chi connectivity index (χ1n) is 9.30. The Morgan fingerprint density at radius 3 is 2.28 bits per heavy atom. The van der Waals surface area contributed by atoms with Crippen LogP contribution < -0.4 is 4.90 Å². The van der Waals surface area contributed by atoms with Gasteiger partial charge in [0.15, 0.2) is 0 Å². The summed E-state index contributed by atoms with van der Waals surface area (Å²) < 4.78 is 27.7. The molecule has 1 aliphatic carbocycles. The number of rotatable bonds is 4. The largest absolute Gasteiger partial charge is 0.481 e. The zero-order valence-electron chi connectivity index (χ0n) is 15.5. The number of halogens is 2. The highest BCUT2D eigenvalue weighted by atomic mass is 35.5. The maximum absolute atomic E-state index is 13.1. The van der Waals surface area contributed by atoms with Crippen LogP contribution in [0.5, 0.6) is 0 Å². The van der Waals surface area contributed by atoms with Gasteiger partial charge in [0.2, 0.25) is 10.0 Å². The van der Waals surface area contributed by atoms with Gasteiger partial charge in [-0.2, -0.15) is 4.31 Å². The number of hydrogen-bond acceptors (Lipinski definition) is 4. The van der Waals surface area contributed by atoms with Crippen LogP contribution in [0.15, 0.2) is 41.3 Å². The van der Waals surface area contributed by atoms with Gasteiger partial charge in [-0.3, -0.25) is 4.79 Å². The van der Waals surface area contributed by atoms with E-state index in [0.717, 1.165) is 16.8 Å². The molecule has 1 aliphatic heterocycles. The average Bonchev–Trinajstić information content (AvgIpc) is 3.14. The predicted molar refractivity (Wildman–Crippen MR) is 112 cm³/mol. The number of carboxylic acid groups (broad SMARTS) is 1. The molecule has 2 aromatic rings. The van der Waals surface area contributed by atoms with Crippen LogP contribution in [0.3, 0.4) is 0 Å². The van der Waals surface area contributed by atoms with Crippen LogP contribution in [0.1, 0.15) is 11.1 Å². The van der Waals surface area contributed by atoms with Crippen LogP contribution in [0.2, 0.25) is 10.0 Å². The number of sulfonamides is 1. The first kappa shape index (κ1) is 20.5. The van der Waals surface area contributed by atoms with Gasteiger partial charge in [-0.1, -0.05) is 29.3 Å². The van der Waals surface area contributed by atoms with Crippen molar-refractivity contribution in [3.63, 3.8) is 0 Å². The summed E-state index contributed by atoms with van der Waals surface area (Å²) >= 11 is 12.1. The summed E-state index contributed by atoms with van der Waals surface area (Å²) in [5.74, 6) is -1.32. The molecule has 1 fully saturated rings. The van der Waals surface area contributed by atoms with Gasteiger partial charge < -0.3 is 10.0 Å². The van der Waals surface area contributed by atoms with Crippen molar-refractivity contribution in [2.75, 3.05) is 31.1 Å². The lowest BCUT2D eigenvalue weighted by Crippen LogP contribution is -2.48. The average molecular weight is 455 g/mol. The molecule has 0 aromatic heterocycles. The molecular weight excluding hydrogens is 435 g/mol. The summed E-state index contributed by atoms with van der Waals surface area (Å²) in [5.41, 5.74) is 2.64. The SMILES string of the molecule is O=C(O)C1Cc2ccc(S(=O)(=O)N3CCN(c4ccc(Cl)c(Cl)c4)CC3)cc2C1. The molecule has 2 aliphatic rings. The second kappa shape index (κ2) is 7.80. The van der Waals surface area contributed by atoms with Crippen LogP contribution in [0, 0.1) is 5.92 Å². The number of carboxylic acids is 1. The van der Waals surface area contributed by atoms with E-state index in [1.165, 1.54) is 4.31 Å². The number of hydrogen-bond donors (Lipinski definition) is 1. The van der Waals surface area contributed by atoms with Crippen LogP contribution in [-0.4, -0.2) is 50.0 Å². The molecule has 4 rings (SSSR count). The Balaban J connectivity index is 1.48. The van der Waals surface area contributed by atoms with Crippen LogP contribution in [0.4, 0.5) is 5.69 Å². The molecule has 1 unspecified atom stereocenters. The van der Waals surface area contributed by atoms with Gasteiger partial charge in [0.05, 0.1) is 20.9 Å². The molecule has 0 spiro atoms. The first-order chi connectivity index (χ1) is 13.8. The summed E-state index contributed by atoms with van der Waals surface area (Å²) in [7, 11) is -3.63. The van der Waals surface area contributed by atoms with Gasteiger partial charge in [-0.25, -0.2) is 8.42 Å². The molecule has 1 N–H and O–H groups in total. The van der Waals surface area contributed by atoms with Gasteiger partial charge in [-0.05, 0) is 54.3 Å². The third-order valence-electron chi connectivity index (χ3n) is 5.60. The van der Waals surface area contributed by atoms with E-state index in [1.54, 1.807) is 30.3 Å². The fourth-order valence-corrected chi connectivity index (χ4v) is 5.71. The molecule has 0 saturated carbocycles. The molecule has 1 saturated heterocycles. The second-order valence-electron chi connectivity index (χ2n) is 7.36. The van der Waals surface area contributed by atoms with Gasteiger partial charge in [0, 0.05) is 31.9 Å². The number of aliphatic carboxylic acids is 1. The molecule has 0 bridgehead atoms. The number of nitrogens with zero attached hydrogens (tertiary/aromatic N) is 2. The van der Waals surface area contributed by atoms with Gasteiger partial charge in [0.1, 0.15) is 0 Å². The minimum Gasteiger partial charge on any atom is -0.481 e. The number of fused-ring (bicyclic) bond motifs is 1. The fraction of sp³-hybridized carbons (Fsp3) is 0.350. The first-order valence-corrected chi connectivity index (χ1v) is 11.5. The Labute approximate surface area is 179 Å². The highest BCUT2D eigenvalue weighted by Gasteiger charge is 2.32. The van der Waals surface area contributed by atoms with Crippen molar-refractivity contribution in [3.05, 3.63) is 57.6 Å². The minimum absolute atomic E-state index is 0.227. The molecule has 1 heterocycles. The van der Waals surface area contributed by atoms with Crippen molar-refractivity contribution < 1.29 is 18.3 Å². The van der Waals surface area contributed by atoms with Crippen molar-refractivity contribution in [1.29, 1.82) is 0 Å². The molecule has 29 heavy (non-hydrogen) atoms. The third-order valence-corrected chi connectivity index (χ3v) is 8.24. The van der Waals surface area contributed by atoms with Crippen LogP contribution in [-0.2, 0) is 27.7 Å². The second-order valence-corrected chi connectivity index (χ2v) is 10.1. The van der Waals surface area contributed by atoms with E-state index < -0.39 is 21.9 Å². The molecule has 154 valence electrons. The fourth-order valence-electron chi connectivity index (χ4n) is 3.95. The summed E-state index contributed by atoms with van der Waals surface area (Å²) in [4.78, 5) is 13.5. The zero-order valence-corrected chi connectivity index (χ0v) is 17.8. The molecule has 6 nitrogen and oxygen atoms in total. The van der Waals surface area contributed by atoms with E-state index in [9.17, 15) is 18.3 Å².